The van der Waals surface area contributed by atoms with Crippen LogP contribution in [0.4, 0.5) is 0 Å². The Hall–Kier alpha value is -2.56. The maximum absolute atomic E-state index is 12.9. The summed E-state index contributed by atoms with van der Waals surface area (Å²) in [6.07, 6.45) is 5.28. The van der Waals surface area contributed by atoms with Gasteiger partial charge in [0.05, 0.1) is 0 Å². The number of benzene rings is 1. The number of nitrogens with zero attached hydrogens (tertiary/aromatic N) is 2. The zero-order valence-corrected chi connectivity index (χ0v) is 17.0. The smallest absolute Gasteiger partial charge is 0.395 e. The lowest BCUT2D eigenvalue weighted by atomic mass is 9.81. The molecule has 0 fully saturated rings. The molecule has 3 rings (SSSR count). The van der Waals surface area contributed by atoms with Gasteiger partial charge < -0.3 is 14.1 Å². The molecule has 144 valence electrons. The first-order chi connectivity index (χ1) is 12.6. The van der Waals surface area contributed by atoms with E-state index in [0.717, 1.165) is 23.2 Å². The summed E-state index contributed by atoms with van der Waals surface area (Å²) in [5.74, 6) is -0.0970. The summed E-state index contributed by atoms with van der Waals surface area (Å²) in [7, 11) is 0. The molecule has 1 aromatic carbocycles. The molecule has 0 unspecified atom stereocenters. The Morgan fingerprint density at radius 3 is 2.74 bits per heavy atom. The number of hydrogen-bond donors (Lipinski definition) is 0. The van der Waals surface area contributed by atoms with Crippen LogP contribution in [-0.2, 0) is 4.79 Å². The topological polar surface area (TPSA) is 55.6 Å². The average Bonchev–Trinajstić information content (AvgIpc) is 2.92. The predicted molar refractivity (Wildman–Crippen MR) is 106 cm³/mol. The fraction of sp³-hybridized carbons (Fsp3) is 0.455. The van der Waals surface area contributed by atoms with Crippen molar-refractivity contribution < 1.29 is 13.9 Å². The van der Waals surface area contributed by atoms with Crippen LogP contribution in [0.1, 0.15) is 46.6 Å². The first kappa shape index (κ1) is 19.2. The largest absolute Gasteiger partial charge is 0.440 e. The van der Waals surface area contributed by atoms with Gasteiger partial charge in [0.2, 0.25) is 0 Å². The van der Waals surface area contributed by atoms with E-state index >= 15 is 0 Å². The van der Waals surface area contributed by atoms with Crippen LogP contribution in [0.3, 0.4) is 0 Å². The van der Waals surface area contributed by atoms with Gasteiger partial charge in [0, 0.05) is 11.7 Å². The summed E-state index contributed by atoms with van der Waals surface area (Å²) in [4.78, 5) is 19.1. The van der Waals surface area contributed by atoms with Crippen LogP contribution in [0.5, 0.6) is 6.08 Å². The summed E-state index contributed by atoms with van der Waals surface area (Å²) in [6.45, 7) is 12.4. The third kappa shape index (κ3) is 4.41. The summed E-state index contributed by atoms with van der Waals surface area (Å²) in [5.41, 5.74) is 4.71. The zero-order valence-electron chi connectivity index (χ0n) is 17.0. The van der Waals surface area contributed by atoms with Gasteiger partial charge in [-0.2, -0.15) is 4.98 Å². The number of oxazole rings is 1. The van der Waals surface area contributed by atoms with E-state index in [1.807, 2.05) is 43.9 Å². The highest BCUT2D eigenvalue weighted by Gasteiger charge is 2.29. The van der Waals surface area contributed by atoms with Gasteiger partial charge >= 0.3 is 6.08 Å². The number of amides is 1. The number of carbonyl (C=O) groups is 1. The van der Waals surface area contributed by atoms with Gasteiger partial charge in [0.25, 0.3) is 5.91 Å². The fourth-order valence-electron chi connectivity index (χ4n) is 3.70. The Balaban J connectivity index is 1.74. The van der Waals surface area contributed by atoms with Crippen molar-refractivity contribution in [2.45, 2.75) is 54.0 Å². The van der Waals surface area contributed by atoms with Gasteiger partial charge in [-0.1, -0.05) is 31.6 Å². The van der Waals surface area contributed by atoms with Gasteiger partial charge in [0.1, 0.15) is 5.52 Å². The van der Waals surface area contributed by atoms with E-state index in [1.54, 1.807) is 0 Å². The van der Waals surface area contributed by atoms with Crippen molar-refractivity contribution >= 4 is 17.0 Å². The number of carbonyl (C=O) groups excluding carboxylic acids is 1. The number of aromatic nitrogens is 1. The Morgan fingerprint density at radius 1 is 1.33 bits per heavy atom. The molecule has 1 aromatic heterocycles. The van der Waals surface area contributed by atoms with Gasteiger partial charge in [-0.15, -0.1) is 0 Å². The van der Waals surface area contributed by atoms with Gasteiger partial charge in [0.15, 0.2) is 12.2 Å². The predicted octanol–water partition coefficient (Wildman–Crippen LogP) is 5.01. The second kappa shape index (κ2) is 7.22. The molecule has 0 aliphatic heterocycles. The quantitative estimate of drug-likeness (QED) is 0.744. The van der Waals surface area contributed by atoms with E-state index in [-0.39, 0.29) is 30.0 Å². The molecule has 0 saturated heterocycles. The molecule has 0 saturated carbocycles. The lowest BCUT2D eigenvalue weighted by Gasteiger charge is -2.35. The third-order valence-corrected chi connectivity index (χ3v) is 4.59. The maximum Gasteiger partial charge on any atom is 0.395 e. The minimum atomic E-state index is -0.107. The molecular weight excluding hydrogens is 340 g/mol. The molecule has 27 heavy (non-hydrogen) atoms. The van der Waals surface area contributed by atoms with Crippen LogP contribution in [0.15, 0.2) is 46.0 Å². The highest BCUT2D eigenvalue weighted by molar-refractivity contribution is 5.80. The highest BCUT2D eigenvalue weighted by atomic mass is 16.6. The summed E-state index contributed by atoms with van der Waals surface area (Å²) >= 11 is 0. The molecule has 5 heteroatoms. The molecule has 0 N–H and O–H groups in total. The lowest BCUT2D eigenvalue weighted by molar-refractivity contribution is -0.133. The maximum atomic E-state index is 12.9. The van der Waals surface area contributed by atoms with Crippen molar-refractivity contribution in [2.75, 3.05) is 6.61 Å². The normalized spacial score (nSPS) is 16.3. The van der Waals surface area contributed by atoms with E-state index in [1.165, 1.54) is 5.57 Å². The van der Waals surface area contributed by atoms with Crippen LogP contribution in [-0.4, -0.2) is 28.4 Å². The van der Waals surface area contributed by atoms with Crippen molar-refractivity contribution in [3.63, 3.8) is 0 Å². The summed E-state index contributed by atoms with van der Waals surface area (Å²) < 4.78 is 11.2. The number of fused-ring (bicyclic) bond motifs is 1. The minimum Gasteiger partial charge on any atom is -0.440 e. The van der Waals surface area contributed by atoms with Crippen molar-refractivity contribution in [3.05, 3.63) is 47.2 Å². The van der Waals surface area contributed by atoms with Crippen molar-refractivity contribution in [1.82, 2.24) is 9.88 Å². The molecule has 0 spiro atoms. The Morgan fingerprint density at radius 2 is 2.07 bits per heavy atom. The molecular formula is C22H28N2O3. The van der Waals surface area contributed by atoms with Crippen molar-refractivity contribution in [1.29, 1.82) is 0 Å². The van der Waals surface area contributed by atoms with Gasteiger partial charge in [-0.05, 0) is 63.3 Å². The zero-order chi connectivity index (χ0) is 19.8. The van der Waals surface area contributed by atoms with Crippen LogP contribution in [0.25, 0.3) is 11.1 Å². The second-order valence-corrected chi connectivity index (χ2v) is 8.29. The minimum absolute atomic E-state index is 0.0284. The summed E-state index contributed by atoms with van der Waals surface area (Å²) in [6, 6.07) is 5.78. The van der Waals surface area contributed by atoms with E-state index in [4.69, 9.17) is 9.15 Å². The second-order valence-electron chi connectivity index (χ2n) is 8.29. The molecule has 1 heterocycles. The molecule has 1 aliphatic rings. The highest BCUT2D eigenvalue weighted by Crippen LogP contribution is 2.35. The molecule has 1 amide bonds. The van der Waals surface area contributed by atoms with Crippen LogP contribution in [0.2, 0.25) is 0 Å². The average molecular weight is 368 g/mol. The lowest BCUT2D eigenvalue weighted by Crippen LogP contribution is -2.41. The van der Waals surface area contributed by atoms with E-state index in [0.29, 0.717) is 5.58 Å². The molecule has 0 radical (unpaired) electrons. The summed E-state index contributed by atoms with van der Waals surface area (Å²) in [5, 5.41) is 0. The fourth-order valence-corrected chi connectivity index (χ4v) is 3.70. The molecule has 2 aromatic rings. The van der Waals surface area contributed by atoms with Crippen molar-refractivity contribution in [3.8, 4) is 6.08 Å². The van der Waals surface area contributed by atoms with Crippen LogP contribution < -0.4 is 4.74 Å². The van der Waals surface area contributed by atoms with E-state index in [9.17, 15) is 4.79 Å². The number of ether oxygens (including phenoxy) is 1. The number of aryl methyl sites for hydroxylation is 1. The molecule has 5 nitrogen and oxygen atoms in total. The van der Waals surface area contributed by atoms with E-state index < -0.39 is 0 Å². The standard InChI is InChI=1S/C22H28N2O3/c1-14(2)24(17-9-16(4)11-22(5,6)12-17)20(25)13-26-21-23-18-10-15(3)7-8-19(18)27-21/h7-11,14H,12-13H2,1-6H3. The van der Waals surface area contributed by atoms with Crippen LogP contribution >= 0.6 is 0 Å². The van der Waals surface area contributed by atoms with Gasteiger partial charge in [-0.25, -0.2) is 0 Å². The first-order valence-corrected chi connectivity index (χ1v) is 9.37. The first-order valence-electron chi connectivity index (χ1n) is 9.37. The number of allylic oxidation sites excluding steroid dienone is 4. The Labute approximate surface area is 160 Å². The number of hydrogen-bond acceptors (Lipinski definition) is 4. The molecule has 1 aliphatic carbocycles. The SMILES string of the molecule is CC1=CC(C)(C)CC(N(C(=O)COc2nc3cc(C)ccc3o2)C(C)C)=C1. The Bertz CT molecular complexity index is 919. The third-order valence-electron chi connectivity index (χ3n) is 4.59. The van der Waals surface area contributed by atoms with E-state index in [2.05, 4.69) is 37.9 Å². The van der Waals surface area contributed by atoms with Gasteiger partial charge in [-0.3, -0.25) is 4.79 Å². The van der Waals surface area contributed by atoms with Crippen LogP contribution in [0, 0.1) is 12.3 Å². The molecule has 0 bridgehead atoms. The molecule has 0 atom stereocenters. The Kier molecular flexibility index (Phi) is 5.13. The monoisotopic (exact) mass is 368 g/mol. The number of rotatable bonds is 5. The van der Waals surface area contributed by atoms with Crippen molar-refractivity contribution in [2.24, 2.45) is 5.41 Å².